The average Bonchev–Trinajstić information content (AvgIpc) is 2.35. The van der Waals surface area contributed by atoms with Crippen LogP contribution in [0, 0.1) is 0 Å². The Morgan fingerprint density at radius 1 is 1.17 bits per heavy atom. The van der Waals surface area contributed by atoms with E-state index in [1.165, 1.54) is 37.7 Å². The van der Waals surface area contributed by atoms with Gasteiger partial charge in [-0.2, -0.15) is 0 Å². The van der Waals surface area contributed by atoms with E-state index in [4.69, 9.17) is 0 Å². The van der Waals surface area contributed by atoms with Gasteiger partial charge in [0, 0.05) is 5.92 Å². The summed E-state index contributed by atoms with van der Waals surface area (Å²) in [5.41, 5.74) is 4.67. The van der Waals surface area contributed by atoms with Crippen molar-refractivity contribution in [2.75, 3.05) is 0 Å². The third-order valence-corrected chi connectivity index (χ3v) is 3.68. The molecule has 0 amide bonds. The molecule has 18 heavy (non-hydrogen) atoms. The molecule has 1 atom stereocenters. The van der Waals surface area contributed by atoms with Gasteiger partial charge in [-0.15, -0.1) is 0 Å². The van der Waals surface area contributed by atoms with E-state index in [0.717, 1.165) is 0 Å². The van der Waals surface area contributed by atoms with Crippen LogP contribution in [0.1, 0.15) is 57.4 Å². The van der Waals surface area contributed by atoms with E-state index in [2.05, 4.69) is 56.3 Å². The van der Waals surface area contributed by atoms with E-state index >= 15 is 0 Å². The minimum absolute atomic E-state index is 0.656. The maximum atomic E-state index is 2.46. The molecule has 0 heteroatoms. The number of rotatable bonds is 6. The molecule has 0 saturated carbocycles. The highest BCUT2D eigenvalue weighted by atomic mass is 14.3. The van der Waals surface area contributed by atoms with Crippen molar-refractivity contribution in [3.8, 4) is 0 Å². The Morgan fingerprint density at radius 2 is 1.89 bits per heavy atom. The lowest BCUT2D eigenvalue weighted by Crippen LogP contribution is -2.10. The van der Waals surface area contributed by atoms with Gasteiger partial charge in [0.05, 0.1) is 0 Å². The lowest BCUT2D eigenvalue weighted by molar-refractivity contribution is 0.724. The van der Waals surface area contributed by atoms with Gasteiger partial charge in [-0.1, -0.05) is 69.2 Å². The summed E-state index contributed by atoms with van der Waals surface area (Å²) in [5.74, 6) is 0.656. The van der Waals surface area contributed by atoms with Crippen molar-refractivity contribution in [1.29, 1.82) is 0 Å². The molecule has 0 spiro atoms. The standard InChI is InChI=1S/C18H24/c1-3-5-10-15(9-4-2)17-13-18(14-17)16-11-7-6-8-12-16/h6-8,10-13,18H,3-5,9,14H2,1-2H3/b15-10+. The lowest BCUT2D eigenvalue weighted by atomic mass is 9.77. The Bertz CT molecular complexity index is 423. The van der Waals surface area contributed by atoms with Crippen LogP contribution >= 0.6 is 0 Å². The lowest BCUT2D eigenvalue weighted by Gasteiger charge is -2.28. The number of unbranched alkanes of at least 4 members (excludes halogenated alkanes) is 1. The van der Waals surface area contributed by atoms with Gasteiger partial charge < -0.3 is 0 Å². The van der Waals surface area contributed by atoms with Crippen LogP contribution in [0.15, 0.2) is 53.6 Å². The second kappa shape index (κ2) is 6.58. The minimum atomic E-state index is 0.656. The predicted molar refractivity (Wildman–Crippen MR) is 79.8 cm³/mol. The third-order valence-electron chi connectivity index (χ3n) is 3.68. The van der Waals surface area contributed by atoms with Crippen molar-refractivity contribution in [3.63, 3.8) is 0 Å². The monoisotopic (exact) mass is 240 g/mol. The molecule has 0 aliphatic heterocycles. The first-order valence-electron chi connectivity index (χ1n) is 7.30. The SMILES string of the molecule is CCC/C=C(\CCC)C1=CC(c2ccccc2)C1. The normalized spacial score (nSPS) is 19.3. The Balaban J connectivity index is 2.03. The largest absolute Gasteiger partial charge is 0.0811 e. The highest BCUT2D eigenvalue weighted by Gasteiger charge is 2.22. The van der Waals surface area contributed by atoms with Gasteiger partial charge in [-0.3, -0.25) is 0 Å². The molecule has 0 fully saturated rings. The first-order valence-corrected chi connectivity index (χ1v) is 7.30. The van der Waals surface area contributed by atoms with E-state index in [0.29, 0.717) is 5.92 Å². The third kappa shape index (κ3) is 3.13. The van der Waals surface area contributed by atoms with Crippen LogP contribution in [0.5, 0.6) is 0 Å². The van der Waals surface area contributed by atoms with Crippen LogP contribution in [-0.4, -0.2) is 0 Å². The molecule has 0 nitrogen and oxygen atoms in total. The van der Waals surface area contributed by atoms with Crippen LogP contribution in [0.25, 0.3) is 0 Å². The quantitative estimate of drug-likeness (QED) is 0.604. The second-order valence-electron chi connectivity index (χ2n) is 5.18. The molecule has 1 aliphatic carbocycles. The molecule has 0 saturated heterocycles. The van der Waals surface area contributed by atoms with Gasteiger partial charge in [0.2, 0.25) is 0 Å². The van der Waals surface area contributed by atoms with Crippen LogP contribution in [-0.2, 0) is 0 Å². The zero-order valence-electron chi connectivity index (χ0n) is 11.7. The molecule has 0 N–H and O–H groups in total. The van der Waals surface area contributed by atoms with Crippen LogP contribution < -0.4 is 0 Å². The van der Waals surface area contributed by atoms with E-state index in [1.54, 1.807) is 11.1 Å². The molecule has 96 valence electrons. The fraction of sp³-hybridized carbons (Fsp3) is 0.444. The maximum absolute atomic E-state index is 2.46. The Labute approximate surface area is 111 Å². The van der Waals surface area contributed by atoms with Crippen LogP contribution in [0.2, 0.25) is 0 Å². The smallest absolute Gasteiger partial charge is 0.00642 e. The summed E-state index contributed by atoms with van der Waals surface area (Å²) in [6, 6.07) is 10.9. The molecule has 1 aliphatic rings. The van der Waals surface area contributed by atoms with Gasteiger partial charge in [0.1, 0.15) is 0 Å². The van der Waals surface area contributed by atoms with Crippen molar-refractivity contribution in [3.05, 3.63) is 59.2 Å². The molecular weight excluding hydrogens is 216 g/mol. The van der Waals surface area contributed by atoms with Crippen molar-refractivity contribution < 1.29 is 0 Å². The summed E-state index contributed by atoms with van der Waals surface area (Å²) < 4.78 is 0. The van der Waals surface area contributed by atoms with Crippen molar-refractivity contribution in [1.82, 2.24) is 0 Å². The van der Waals surface area contributed by atoms with Crippen LogP contribution in [0.4, 0.5) is 0 Å². The molecule has 1 aromatic carbocycles. The molecule has 0 heterocycles. The van der Waals surface area contributed by atoms with Gasteiger partial charge in [0.15, 0.2) is 0 Å². The van der Waals surface area contributed by atoms with E-state index in [1.807, 2.05) is 0 Å². The summed E-state index contributed by atoms with van der Waals surface area (Å²) in [7, 11) is 0. The van der Waals surface area contributed by atoms with Crippen LogP contribution in [0.3, 0.4) is 0 Å². The van der Waals surface area contributed by atoms with E-state index < -0.39 is 0 Å². The van der Waals surface area contributed by atoms with Gasteiger partial charge in [-0.25, -0.2) is 0 Å². The summed E-state index contributed by atoms with van der Waals surface area (Å²) in [5, 5.41) is 0. The Kier molecular flexibility index (Phi) is 4.81. The highest BCUT2D eigenvalue weighted by Crippen LogP contribution is 2.40. The van der Waals surface area contributed by atoms with Gasteiger partial charge in [-0.05, 0) is 36.0 Å². The second-order valence-corrected chi connectivity index (χ2v) is 5.18. The zero-order valence-corrected chi connectivity index (χ0v) is 11.7. The van der Waals surface area contributed by atoms with Gasteiger partial charge in [0.25, 0.3) is 0 Å². The topological polar surface area (TPSA) is 0 Å². The minimum Gasteiger partial charge on any atom is -0.0811 e. The van der Waals surface area contributed by atoms with Crippen molar-refractivity contribution in [2.45, 2.75) is 51.9 Å². The van der Waals surface area contributed by atoms with E-state index in [-0.39, 0.29) is 0 Å². The molecule has 0 bridgehead atoms. The number of benzene rings is 1. The summed E-state index contributed by atoms with van der Waals surface area (Å²) in [4.78, 5) is 0. The molecule has 0 aromatic heterocycles. The number of hydrogen-bond acceptors (Lipinski definition) is 0. The first kappa shape index (κ1) is 13.1. The van der Waals surface area contributed by atoms with Crippen molar-refractivity contribution in [2.24, 2.45) is 0 Å². The van der Waals surface area contributed by atoms with Crippen molar-refractivity contribution >= 4 is 0 Å². The highest BCUT2D eigenvalue weighted by molar-refractivity contribution is 5.44. The molecule has 1 unspecified atom stereocenters. The van der Waals surface area contributed by atoms with E-state index in [9.17, 15) is 0 Å². The summed E-state index contributed by atoms with van der Waals surface area (Å²) >= 11 is 0. The maximum Gasteiger partial charge on any atom is 0.00642 e. The number of allylic oxidation sites excluding steroid dienone is 4. The van der Waals surface area contributed by atoms with Gasteiger partial charge >= 0.3 is 0 Å². The average molecular weight is 240 g/mol. The first-order chi connectivity index (χ1) is 8.85. The number of hydrogen-bond donors (Lipinski definition) is 0. The Morgan fingerprint density at radius 3 is 2.50 bits per heavy atom. The molecule has 0 radical (unpaired) electrons. The summed E-state index contributed by atoms with van der Waals surface area (Å²) in [6.45, 7) is 4.52. The molecule has 1 aromatic rings. The summed E-state index contributed by atoms with van der Waals surface area (Å²) in [6.07, 6.45) is 11.1. The zero-order chi connectivity index (χ0) is 12.8. The molecular formula is C18H24. The fourth-order valence-electron chi connectivity index (χ4n) is 2.58. The fourth-order valence-corrected chi connectivity index (χ4v) is 2.58. The Hall–Kier alpha value is -1.30. The predicted octanol–water partition coefficient (Wildman–Crippen LogP) is 5.63. The molecule has 2 rings (SSSR count).